The molecular formula is C17H14FN4O3S-. The summed E-state index contributed by atoms with van der Waals surface area (Å²) in [6, 6.07) is 5.58. The number of nitrogens with one attached hydrogen (secondary N) is 1. The van der Waals surface area contributed by atoms with E-state index in [1.807, 2.05) is 0 Å². The number of aromatic nitrogens is 3. The highest BCUT2D eigenvalue weighted by molar-refractivity contribution is 7.77. The van der Waals surface area contributed by atoms with Gasteiger partial charge in [-0.15, -0.1) is 0 Å². The van der Waals surface area contributed by atoms with Crippen LogP contribution in [0.15, 0.2) is 42.9 Å². The number of ketones is 1. The normalized spacial score (nSPS) is 12.2. The number of aryl methyl sites for hydroxylation is 1. The van der Waals surface area contributed by atoms with Gasteiger partial charge in [0.25, 0.3) is 0 Å². The van der Waals surface area contributed by atoms with E-state index in [2.05, 4.69) is 19.7 Å². The van der Waals surface area contributed by atoms with Gasteiger partial charge in [0.2, 0.25) is 5.78 Å². The van der Waals surface area contributed by atoms with Crippen LogP contribution in [-0.4, -0.2) is 36.0 Å². The number of fused-ring (bicyclic) bond motifs is 1. The number of hydrogen-bond donors (Lipinski definition) is 1. The lowest BCUT2D eigenvalue weighted by Gasteiger charge is -2.08. The highest BCUT2D eigenvalue weighted by atomic mass is 32.2. The lowest BCUT2D eigenvalue weighted by atomic mass is 10.0. The van der Waals surface area contributed by atoms with Crippen LogP contribution in [0, 0.1) is 5.82 Å². The fourth-order valence-electron chi connectivity index (χ4n) is 2.51. The molecule has 0 saturated heterocycles. The molecule has 2 aromatic heterocycles. The van der Waals surface area contributed by atoms with E-state index in [1.165, 1.54) is 30.7 Å². The Kier molecular flexibility index (Phi) is 5.71. The molecule has 0 radical (unpaired) electrons. The van der Waals surface area contributed by atoms with Crippen LogP contribution in [0.5, 0.6) is 0 Å². The molecule has 1 atom stereocenters. The second-order valence-corrected chi connectivity index (χ2v) is 6.28. The smallest absolute Gasteiger partial charge is 0.211 e. The number of halogens is 1. The molecule has 0 spiro atoms. The topological polar surface area (TPSA) is 108 Å². The highest BCUT2D eigenvalue weighted by Crippen LogP contribution is 2.16. The average Bonchev–Trinajstić information content (AvgIpc) is 2.63. The van der Waals surface area contributed by atoms with E-state index in [-0.39, 0.29) is 17.8 Å². The summed E-state index contributed by atoms with van der Waals surface area (Å²) in [7, 11) is 0. The van der Waals surface area contributed by atoms with Crippen LogP contribution in [0.2, 0.25) is 0 Å². The van der Waals surface area contributed by atoms with E-state index in [0.29, 0.717) is 29.4 Å². The lowest BCUT2D eigenvalue weighted by Crippen LogP contribution is -2.18. The highest BCUT2D eigenvalue weighted by Gasteiger charge is 2.14. The fraction of sp³-hybridized carbons (Fsp3) is 0.176. The van der Waals surface area contributed by atoms with Gasteiger partial charge in [-0.2, -0.15) is 0 Å². The Morgan fingerprint density at radius 2 is 1.88 bits per heavy atom. The maximum absolute atomic E-state index is 13.9. The predicted molar refractivity (Wildman–Crippen MR) is 92.4 cm³/mol. The van der Waals surface area contributed by atoms with Crippen molar-refractivity contribution in [2.45, 2.75) is 12.8 Å². The van der Waals surface area contributed by atoms with Crippen molar-refractivity contribution in [3.8, 4) is 0 Å². The molecule has 0 saturated carbocycles. The first-order chi connectivity index (χ1) is 12.5. The van der Waals surface area contributed by atoms with Crippen molar-refractivity contribution in [2.24, 2.45) is 0 Å². The maximum Gasteiger partial charge on any atom is 0.211 e. The van der Waals surface area contributed by atoms with E-state index >= 15 is 0 Å². The molecule has 0 fully saturated rings. The Morgan fingerprint density at radius 1 is 1.12 bits per heavy atom. The molecular weight excluding hydrogens is 359 g/mol. The Bertz CT molecular complexity index is 983. The van der Waals surface area contributed by atoms with E-state index < -0.39 is 22.9 Å². The van der Waals surface area contributed by atoms with Gasteiger partial charge in [0.1, 0.15) is 17.0 Å². The first kappa shape index (κ1) is 18.2. The minimum Gasteiger partial charge on any atom is -0.760 e. The number of carbonyl (C=O) groups is 1. The fourth-order valence-corrected chi connectivity index (χ4v) is 2.82. The SMILES string of the molecule is O=C(c1cc(F)cc(CCCNS(=O)[O-])c1)c1cc2nccnc2cn1. The molecule has 1 aromatic carbocycles. The van der Waals surface area contributed by atoms with Crippen molar-refractivity contribution in [1.29, 1.82) is 0 Å². The van der Waals surface area contributed by atoms with Crippen LogP contribution < -0.4 is 4.72 Å². The van der Waals surface area contributed by atoms with Crippen molar-refractivity contribution in [3.63, 3.8) is 0 Å². The number of carbonyl (C=O) groups excluding carboxylic acids is 1. The van der Waals surface area contributed by atoms with Crippen LogP contribution >= 0.6 is 0 Å². The van der Waals surface area contributed by atoms with Gasteiger partial charge in [0.15, 0.2) is 0 Å². The van der Waals surface area contributed by atoms with E-state index in [4.69, 9.17) is 0 Å². The largest absolute Gasteiger partial charge is 0.760 e. The minimum atomic E-state index is -2.32. The third-order valence-electron chi connectivity index (χ3n) is 3.67. The van der Waals surface area contributed by atoms with Crippen molar-refractivity contribution in [1.82, 2.24) is 19.7 Å². The standard InChI is InChI=1S/C17H15FN4O3S/c18-13-7-11(2-1-3-22-26(24)25)6-12(8-13)17(23)15-9-14-16(10-21-15)20-5-4-19-14/h4-10,22H,1-3H2,(H,24,25)/p-1. The quantitative estimate of drug-likeness (QED) is 0.384. The van der Waals surface area contributed by atoms with Crippen molar-refractivity contribution >= 4 is 28.1 Å². The molecule has 3 rings (SSSR count). The second-order valence-electron chi connectivity index (χ2n) is 5.52. The van der Waals surface area contributed by atoms with Gasteiger partial charge < -0.3 is 4.55 Å². The van der Waals surface area contributed by atoms with Gasteiger partial charge in [-0.05, 0) is 42.7 Å². The molecule has 26 heavy (non-hydrogen) atoms. The van der Waals surface area contributed by atoms with E-state index in [9.17, 15) is 17.9 Å². The summed E-state index contributed by atoms with van der Waals surface area (Å²) in [6.45, 7) is 0.237. The third kappa shape index (κ3) is 4.51. The molecule has 3 aromatic rings. The zero-order chi connectivity index (χ0) is 18.5. The molecule has 0 amide bonds. The van der Waals surface area contributed by atoms with Gasteiger partial charge in [-0.3, -0.25) is 24.0 Å². The van der Waals surface area contributed by atoms with Gasteiger partial charge >= 0.3 is 0 Å². The number of benzene rings is 1. The molecule has 0 aliphatic rings. The van der Waals surface area contributed by atoms with Crippen LogP contribution in [0.1, 0.15) is 28.0 Å². The monoisotopic (exact) mass is 373 g/mol. The van der Waals surface area contributed by atoms with Gasteiger partial charge in [0, 0.05) is 35.8 Å². The Labute approximate surface area is 151 Å². The molecule has 0 bridgehead atoms. The first-order valence-corrected chi connectivity index (χ1v) is 8.84. The zero-order valence-electron chi connectivity index (χ0n) is 13.5. The number of nitrogens with zero attached hydrogens (tertiary/aromatic N) is 3. The molecule has 0 aliphatic carbocycles. The minimum absolute atomic E-state index is 0.151. The molecule has 0 aliphatic heterocycles. The molecule has 1 unspecified atom stereocenters. The summed E-state index contributed by atoms with van der Waals surface area (Å²) in [4.78, 5) is 24.9. The molecule has 134 valence electrons. The number of hydrogen-bond acceptors (Lipinski definition) is 6. The lowest BCUT2D eigenvalue weighted by molar-refractivity contribution is 0.103. The summed E-state index contributed by atoms with van der Waals surface area (Å²) in [5.41, 5.74) is 2.02. The van der Waals surface area contributed by atoms with Gasteiger partial charge in [-0.1, -0.05) is 0 Å². The first-order valence-electron chi connectivity index (χ1n) is 7.76. The molecule has 1 N–H and O–H groups in total. The Hall–Kier alpha value is -2.62. The molecule has 7 nitrogen and oxygen atoms in total. The van der Waals surface area contributed by atoms with Crippen LogP contribution in [0.3, 0.4) is 0 Å². The van der Waals surface area contributed by atoms with Crippen LogP contribution in [0.25, 0.3) is 11.0 Å². The third-order valence-corrected chi connectivity index (χ3v) is 4.11. The van der Waals surface area contributed by atoms with Crippen molar-refractivity contribution in [3.05, 3.63) is 65.5 Å². The maximum atomic E-state index is 13.9. The summed E-state index contributed by atoms with van der Waals surface area (Å²) in [5, 5.41) is 0. The summed E-state index contributed by atoms with van der Waals surface area (Å²) in [5.74, 6) is -0.955. The van der Waals surface area contributed by atoms with Crippen molar-refractivity contribution < 1.29 is 17.9 Å². The Morgan fingerprint density at radius 3 is 2.65 bits per heavy atom. The van der Waals surface area contributed by atoms with E-state index in [0.717, 1.165) is 6.07 Å². The molecule has 9 heteroatoms. The Balaban J connectivity index is 1.80. The summed E-state index contributed by atoms with van der Waals surface area (Å²) >= 11 is -2.32. The summed E-state index contributed by atoms with van der Waals surface area (Å²) < 4.78 is 37.0. The molecule has 2 heterocycles. The zero-order valence-corrected chi connectivity index (χ0v) is 14.3. The van der Waals surface area contributed by atoms with Crippen LogP contribution in [-0.2, 0) is 17.7 Å². The number of rotatable bonds is 7. The average molecular weight is 373 g/mol. The summed E-state index contributed by atoms with van der Waals surface area (Å²) in [6.07, 6.45) is 5.40. The van der Waals surface area contributed by atoms with E-state index in [1.54, 1.807) is 6.07 Å². The predicted octanol–water partition coefficient (Wildman–Crippen LogP) is 1.71. The number of pyridine rings is 1. The van der Waals surface area contributed by atoms with Gasteiger partial charge in [0.05, 0.1) is 11.7 Å². The second kappa shape index (κ2) is 8.17. The van der Waals surface area contributed by atoms with Crippen LogP contribution in [0.4, 0.5) is 4.39 Å². The van der Waals surface area contributed by atoms with Gasteiger partial charge in [-0.25, -0.2) is 9.11 Å². The van der Waals surface area contributed by atoms with Crippen molar-refractivity contribution in [2.75, 3.05) is 6.54 Å².